The molecule has 2 rings (SSSR count). The van der Waals surface area contributed by atoms with Gasteiger partial charge < -0.3 is 14.7 Å². The molecule has 7 nitrogen and oxygen atoms in total. The lowest BCUT2D eigenvalue weighted by Gasteiger charge is -2.49. The fourth-order valence-electron chi connectivity index (χ4n) is 2.30. The first kappa shape index (κ1) is 15.8. The molecule has 0 saturated carbocycles. The highest BCUT2D eigenvalue weighted by atomic mass is 79.9. The second-order valence-electron chi connectivity index (χ2n) is 6.23. The average molecular weight is 360 g/mol. The molecule has 116 valence electrons. The summed E-state index contributed by atoms with van der Waals surface area (Å²) in [5.74, 6) is -0.925. The van der Waals surface area contributed by atoms with E-state index in [0.717, 1.165) is 4.47 Å². The summed E-state index contributed by atoms with van der Waals surface area (Å²) in [5, 5.41) is 13.3. The van der Waals surface area contributed by atoms with Crippen molar-refractivity contribution in [1.29, 1.82) is 0 Å². The fourth-order valence-corrected chi connectivity index (χ4v) is 2.58. The molecule has 1 saturated heterocycles. The molecule has 0 radical (unpaired) electrons. The number of aromatic nitrogens is 2. The van der Waals surface area contributed by atoms with Crippen LogP contribution >= 0.6 is 15.9 Å². The van der Waals surface area contributed by atoms with E-state index in [4.69, 9.17) is 9.84 Å². The minimum absolute atomic E-state index is 0.0968. The summed E-state index contributed by atoms with van der Waals surface area (Å²) in [6.45, 7) is 5.91. The van der Waals surface area contributed by atoms with Crippen LogP contribution in [-0.4, -0.2) is 50.5 Å². The molecule has 1 N–H and O–H groups in total. The van der Waals surface area contributed by atoms with Gasteiger partial charge in [0.2, 0.25) is 0 Å². The molecule has 0 atom stereocenters. The number of amides is 1. The third kappa shape index (κ3) is 3.55. The second kappa shape index (κ2) is 5.32. The van der Waals surface area contributed by atoms with Crippen molar-refractivity contribution in [2.75, 3.05) is 13.1 Å². The van der Waals surface area contributed by atoms with E-state index in [9.17, 15) is 9.59 Å². The molecule has 1 amide bonds. The maximum Gasteiger partial charge on any atom is 0.410 e. The van der Waals surface area contributed by atoms with Crippen LogP contribution in [0.25, 0.3) is 0 Å². The van der Waals surface area contributed by atoms with Crippen molar-refractivity contribution in [1.82, 2.24) is 14.7 Å². The summed E-state index contributed by atoms with van der Waals surface area (Å²) in [7, 11) is 0. The van der Waals surface area contributed by atoms with E-state index < -0.39 is 23.2 Å². The fraction of sp³-hybridized carbons (Fsp3) is 0.615. The van der Waals surface area contributed by atoms with E-state index in [2.05, 4.69) is 21.0 Å². The predicted molar refractivity (Wildman–Crippen MR) is 78.0 cm³/mol. The number of hydrogen-bond donors (Lipinski definition) is 1. The van der Waals surface area contributed by atoms with Crippen molar-refractivity contribution in [2.45, 2.75) is 38.3 Å². The van der Waals surface area contributed by atoms with Crippen LogP contribution in [0.3, 0.4) is 0 Å². The molecular formula is C13H18BrN3O4. The van der Waals surface area contributed by atoms with Crippen LogP contribution in [0.2, 0.25) is 0 Å². The maximum absolute atomic E-state index is 12.0. The number of carbonyl (C=O) groups is 2. The second-order valence-corrected chi connectivity index (χ2v) is 7.15. The molecule has 8 heteroatoms. The van der Waals surface area contributed by atoms with E-state index in [-0.39, 0.29) is 19.5 Å². The first-order chi connectivity index (χ1) is 9.61. The maximum atomic E-state index is 12.0. The van der Waals surface area contributed by atoms with E-state index in [1.54, 1.807) is 37.8 Å². The third-order valence-electron chi connectivity index (χ3n) is 3.14. The Morgan fingerprint density at radius 3 is 2.52 bits per heavy atom. The summed E-state index contributed by atoms with van der Waals surface area (Å²) in [4.78, 5) is 24.6. The number of likely N-dealkylation sites (tertiary alicyclic amines) is 1. The SMILES string of the molecule is CC(C)(C)OC(=O)N1CC(CC(=O)O)(n2cc(Br)cn2)C1. The Kier molecular flexibility index (Phi) is 4.01. The van der Waals surface area contributed by atoms with Gasteiger partial charge in [0.15, 0.2) is 0 Å². The van der Waals surface area contributed by atoms with E-state index in [1.165, 1.54) is 4.90 Å². The zero-order valence-electron chi connectivity index (χ0n) is 12.2. The van der Waals surface area contributed by atoms with Crippen LogP contribution in [0.15, 0.2) is 16.9 Å². The van der Waals surface area contributed by atoms with Gasteiger partial charge in [-0.3, -0.25) is 9.48 Å². The van der Waals surface area contributed by atoms with Gasteiger partial charge in [-0.2, -0.15) is 5.10 Å². The topological polar surface area (TPSA) is 84.7 Å². The van der Waals surface area contributed by atoms with Crippen molar-refractivity contribution >= 4 is 28.0 Å². The molecule has 0 unspecified atom stereocenters. The van der Waals surface area contributed by atoms with E-state index in [1.807, 2.05) is 0 Å². The number of aliphatic carboxylic acids is 1. The number of nitrogens with zero attached hydrogens (tertiary/aromatic N) is 3. The Morgan fingerprint density at radius 1 is 1.48 bits per heavy atom. The van der Waals surface area contributed by atoms with Gasteiger partial charge in [-0.05, 0) is 36.7 Å². The zero-order chi connectivity index (χ0) is 15.8. The Hall–Kier alpha value is -1.57. The van der Waals surface area contributed by atoms with Crippen LogP contribution < -0.4 is 0 Å². The number of halogens is 1. The first-order valence-corrected chi connectivity index (χ1v) is 7.31. The predicted octanol–water partition coefficient (Wildman–Crippen LogP) is 2.07. The molecule has 2 heterocycles. The van der Waals surface area contributed by atoms with Gasteiger partial charge in [-0.15, -0.1) is 0 Å². The van der Waals surface area contributed by atoms with Crippen LogP contribution in [-0.2, 0) is 15.1 Å². The Bertz CT molecular complexity index is 558. The standard InChI is InChI=1S/C13H18BrN3O4/c1-12(2,3)21-11(20)16-7-13(8-16,4-10(18)19)17-6-9(14)5-15-17/h5-6H,4,7-8H2,1-3H3,(H,18,19). The quantitative estimate of drug-likeness (QED) is 0.892. The van der Waals surface area contributed by atoms with Gasteiger partial charge >= 0.3 is 12.1 Å². The molecule has 1 aromatic heterocycles. The van der Waals surface area contributed by atoms with Crippen LogP contribution in [0.4, 0.5) is 4.79 Å². The van der Waals surface area contributed by atoms with E-state index in [0.29, 0.717) is 0 Å². The van der Waals surface area contributed by atoms with Crippen molar-refractivity contribution in [3.63, 3.8) is 0 Å². The highest BCUT2D eigenvalue weighted by molar-refractivity contribution is 9.10. The molecule has 1 fully saturated rings. The van der Waals surface area contributed by atoms with Crippen molar-refractivity contribution in [3.8, 4) is 0 Å². The molecule has 21 heavy (non-hydrogen) atoms. The normalized spacial score (nSPS) is 17.2. The Balaban J connectivity index is 2.10. The summed E-state index contributed by atoms with van der Waals surface area (Å²) in [6, 6.07) is 0. The lowest BCUT2D eigenvalue weighted by Crippen LogP contribution is -2.65. The molecule has 0 aliphatic carbocycles. The molecule has 0 spiro atoms. The van der Waals surface area contributed by atoms with Gasteiger partial charge in [-0.1, -0.05) is 0 Å². The lowest BCUT2D eigenvalue weighted by molar-refractivity contribution is -0.143. The van der Waals surface area contributed by atoms with E-state index >= 15 is 0 Å². The van der Waals surface area contributed by atoms with Crippen molar-refractivity contribution in [2.24, 2.45) is 0 Å². The minimum atomic E-state index is -0.925. The number of carboxylic acids is 1. The van der Waals surface area contributed by atoms with Gasteiger partial charge in [0, 0.05) is 6.20 Å². The summed E-state index contributed by atoms with van der Waals surface area (Å²) in [5.41, 5.74) is -1.29. The molecular weight excluding hydrogens is 342 g/mol. The highest BCUT2D eigenvalue weighted by Crippen LogP contribution is 2.34. The van der Waals surface area contributed by atoms with Crippen LogP contribution in [0.5, 0.6) is 0 Å². The smallest absolute Gasteiger partial charge is 0.410 e. The number of carboxylic acid groups (broad SMARTS) is 1. The number of ether oxygens (including phenoxy) is 1. The molecule has 0 aromatic carbocycles. The van der Waals surface area contributed by atoms with Gasteiger partial charge in [0.05, 0.1) is 30.2 Å². The van der Waals surface area contributed by atoms with Gasteiger partial charge in [-0.25, -0.2) is 4.79 Å². The summed E-state index contributed by atoms with van der Waals surface area (Å²) >= 11 is 3.29. The molecule has 1 aliphatic rings. The van der Waals surface area contributed by atoms with Crippen LogP contribution in [0, 0.1) is 0 Å². The Morgan fingerprint density at radius 2 is 2.10 bits per heavy atom. The lowest BCUT2D eigenvalue weighted by atomic mass is 9.86. The zero-order valence-corrected chi connectivity index (χ0v) is 13.8. The number of hydrogen-bond acceptors (Lipinski definition) is 4. The van der Waals surface area contributed by atoms with Crippen molar-refractivity contribution < 1.29 is 19.4 Å². The summed E-state index contributed by atoms with van der Waals surface area (Å²) < 4.78 is 7.65. The number of carbonyl (C=O) groups excluding carboxylic acids is 1. The molecule has 1 aliphatic heterocycles. The molecule has 1 aromatic rings. The number of rotatable bonds is 3. The van der Waals surface area contributed by atoms with Gasteiger partial charge in [0.1, 0.15) is 11.1 Å². The minimum Gasteiger partial charge on any atom is -0.481 e. The third-order valence-corrected chi connectivity index (χ3v) is 3.55. The molecule has 0 bridgehead atoms. The monoisotopic (exact) mass is 359 g/mol. The van der Waals surface area contributed by atoms with Crippen LogP contribution in [0.1, 0.15) is 27.2 Å². The largest absolute Gasteiger partial charge is 0.481 e. The summed E-state index contributed by atoms with van der Waals surface area (Å²) in [6.07, 6.45) is 2.78. The first-order valence-electron chi connectivity index (χ1n) is 6.52. The Labute approximate surface area is 131 Å². The highest BCUT2D eigenvalue weighted by Gasteiger charge is 2.50. The van der Waals surface area contributed by atoms with Gasteiger partial charge in [0.25, 0.3) is 0 Å². The average Bonchev–Trinajstić information content (AvgIpc) is 2.66. The van der Waals surface area contributed by atoms with Crippen molar-refractivity contribution in [3.05, 3.63) is 16.9 Å².